The highest BCUT2D eigenvalue weighted by Crippen LogP contribution is 2.06. The summed E-state index contributed by atoms with van der Waals surface area (Å²) in [5.74, 6) is -0.545. The minimum Gasteiger partial charge on any atom is -0.624 e. The van der Waals surface area contributed by atoms with Crippen molar-refractivity contribution in [1.82, 2.24) is 5.32 Å². The first-order chi connectivity index (χ1) is 14.1. The highest BCUT2D eigenvalue weighted by molar-refractivity contribution is 5.81. The van der Waals surface area contributed by atoms with E-state index < -0.39 is 18.1 Å². The number of nitrogens with one attached hydrogen (secondary N) is 1. The Morgan fingerprint density at radius 3 is 2.38 bits per heavy atom. The number of ether oxygens (including phenoxy) is 2. The summed E-state index contributed by atoms with van der Waals surface area (Å²) in [7, 11) is 1.26. The Bertz CT molecular complexity index is 793. The van der Waals surface area contributed by atoms with Gasteiger partial charge < -0.3 is 20.0 Å². The second-order valence-corrected chi connectivity index (χ2v) is 6.46. The predicted molar refractivity (Wildman–Crippen MR) is 110 cm³/mol. The lowest BCUT2D eigenvalue weighted by atomic mass is 10.1. The summed E-state index contributed by atoms with van der Waals surface area (Å²) >= 11 is 0. The second kappa shape index (κ2) is 12.2. The standard InChI is InChI=1S/C22H26N2O5/c1-28-21(25)20(23-22(26)29-17-19-12-6-3-7-13-19)14-8-9-15-24(27)16-18-10-4-2-5-11-18/h2-7,10-13,16,20H,8-9,14-15,17H2,1H3,(H,23,26)/b24-16-/t20-/m0/s1. The van der Waals surface area contributed by atoms with Crippen LogP contribution in [-0.4, -0.2) is 42.7 Å². The van der Waals surface area contributed by atoms with E-state index in [0.29, 0.717) is 25.8 Å². The highest BCUT2D eigenvalue weighted by atomic mass is 16.6. The molecule has 2 aromatic rings. The molecule has 0 aliphatic heterocycles. The van der Waals surface area contributed by atoms with Gasteiger partial charge in [0.1, 0.15) is 12.6 Å². The third kappa shape index (κ3) is 8.47. The maximum atomic E-state index is 12.0. The van der Waals surface area contributed by atoms with Crippen molar-refractivity contribution < 1.29 is 23.8 Å². The van der Waals surface area contributed by atoms with Crippen molar-refractivity contribution in [3.63, 3.8) is 0 Å². The molecule has 0 fully saturated rings. The van der Waals surface area contributed by atoms with Crippen LogP contribution in [0.5, 0.6) is 0 Å². The Labute approximate surface area is 170 Å². The van der Waals surface area contributed by atoms with Gasteiger partial charge in [-0.3, -0.25) is 0 Å². The predicted octanol–water partition coefficient (Wildman–Crippen LogP) is 3.25. The fourth-order valence-corrected chi connectivity index (χ4v) is 2.68. The number of amides is 1. The molecule has 154 valence electrons. The summed E-state index contributed by atoms with van der Waals surface area (Å²) in [6.07, 6.45) is 2.33. The maximum Gasteiger partial charge on any atom is 0.408 e. The van der Waals surface area contributed by atoms with Crippen LogP contribution in [0.1, 0.15) is 30.4 Å². The minimum absolute atomic E-state index is 0.112. The fraction of sp³-hybridized carbons (Fsp3) is 0.318. The summed E-state index contributed by atoms with van der Waals surface area (Å²) in [5.41, 5.74) is 1.68. The van der Waals surface area contributed by atoms with E-state index in [2.05, 4.69) is 5.32 Å². The number of nitrogens with zero attached hydrogens (tertiary/aromatic N) is 1. The summed E-state index contributed by atoms with van der Waals surface area (Å²) in [5, 5.41) is 14.5. The van der Waals surface area contributed by atoms with Crippen LogP contribution in [-0.2, 0) is 20.9 Å². The lowest BCUT2D eigenvalue weighted by Gasteiger charge is -2.16. The van der Waals surface area contributed by atoms with Gasteiger partial charge in [-0.2, -0.15) is 0 Å². The second-order valence-electron chi connectivity index (χ2n) is 6.46. The number of benzene rings is 2. The molecule has 0 radical (unpaired) electrons. The van der Waals surface area contributed by atoms with Crippen molar-refractivity contribution in [2.24, 2.45) is 0 Å². The first-order valence-electron chi connectivity index (χ1n) is 9.47. The molecule has 1 N–H and O–H groups in total. The van der Waals surface area contributed by atoms with Gasteiger partial charge in [-0.25, -0.2) is 14.3 Å². The van der Waals surface area contributed by atoms with Crippen molar-refractivity contribution >= 4 is 18.3 Å². The van der Waals surface area contributed by atoms with E-state index in [1.165, 1.54) is 13.3 Å². The Morgan fingerprint density at radius 2 is 1.72 bits per heavy atom. The van der Waals surface area contributed by atoms with Crippen LogP contribution in [0.15, 0.2) is 60.7 Å². The zero-order valence-electron chi connectivity index (χ0n) is 16.5. The van der Waals surface area contributed by atoms with E-state index >= 15 is 0 Å². The minimum atomic E-state index is -0.818. The van der Waals surface area contributed by atoms with E-state index in [1.54, 1.807) is 0 Å². The monoisotopic (exact) mass is 398 g/mol. The smallest absolute Gasteiger partial charge is 0.408 e. The summed E-state index contributed by atoms with van der Waals surface area (Å²) < 4.78 is 10.8. The Kier molecular flexibility index (Phi) is 9.21. The normalized spacial score (nSPS) is 12.1. The topological polar surface area (TPSA) is 90.7 Å². The Hall–Kier alpha value is -3.35. The zero-order valence-corrected chi connectivity index (χ0v) is 16.5. The van der Waals surface area contributed by atoms with Gasteiger partial charge in [-0.1, -0.05) is 48.5 Å². The van der Waals surface area contributed by atoms with E-state index in [-0.39, 0.29) is 6.61 Å². The number of carbonyl (C=O) groups excluding carboxylic acids is 2. The van der Waals surface area contributed by atoms with Crippen molar-refractivity contribution in [3.05, 3.63) is 77.0 Å². The summed E-state index contributed by atoms with van der Waals surface area (Å²) in [6, 6.07) is 17.7. The first kappa shape index (κ1) is 21.9. The van der Waals surface area contributed by atoms with Crippen LogP contribution in [0, 0.1) is 5.21 Å². The summed E-state index contributed by atoms with van der Waals surface area (Å²) in [4.78, 5) is 23.9. The lowest BCUT2D eigenvalue weighted by molar-refractivity contribution is -0.453. The number of alkyl carbamates (subject to hydrolysis) is 1. The molecule has 0 spiro atoms. The molecule has 29 heavy (non-hydrogen) atoms. The number of esters is 1. The Morgan fingerprint density at radius 1 is 1.07 bits per heavy atom. The van der Waals surface area contributed by atoms with Crippen molar-refractivity contribution in [3.8, 4) is 0 Å². The maximum absolute atomic E-state index is 12.0. The molecule has 1 amide bonds. The number of unbranched alkanes of at least 4 members (excludes halogenated alkanes) is 1. The summed E-state index contributed by atoms with van der Waals surface area (Å²) in [6.45, 7) is 0.405. The molecule has 0 heterocycles. The molecule has 0 aromatic heterocycles. The van der Waals surface area contributed by atoms with Gasteiger partial charge in [0.2, 0.25) is 0 Å². The number of hydrogen-bond donors (Lipinski definition) is 1. The van der Waals surface area contributed by atoms with Crippen molar-refractivity contribution in [2.75, 3.05) is 13.7 Å². The van der Waals surface area contributed by atoms with Gasteiger partial charge in [0.15, 0.2) is 12.8 Å². The fourth-order valence-electron chi connectivity index (χ4n) is 2.68. The van der Waals surface area contributed by atoms with Gasteiger partial charge in [0.05, 0.1) is 7.11 Å². The van der Waals surface area contributed by atoms with Crippen LogP contribution in [0.25, 0.3) is 0 Å². The number of hydrogen-bond acceptors (Lipinski definition) is 5. The van der Waals surface area contributed by atoms with Crippen LogP contribution >= 0.6 is 0 Å². The molecule has 2 rings (SSSR count). The average molecular weight is 398 g/mol. The van der Waals surface area contributed by atoms with E-state index in [9.17, 15) is 14.8 Å². The molecule has 2 aromatic carbocycles. The van der Waals surface area contributed by atoms with Crippen LogP contribution < -0.4 is 5.32 Å². The van der Waals surface area contributed by atoms with E-state index in [0.717, 1.165) is 15.9 Å². The number of hydroxylamine groups is 1. The molecule has 0 bridgehead atoms. The molecule has 0 saturated carbocycles. The molecular formula is C22H26N2O5. The number of methoxy groups -OCH3 is 1. The largest absolute Gasteiger partial charge is 0.624 e. The van der Waals surface area contributed by atoms with E-state index in [1.807, 2.05) is 60.7 Å². The van der Waals surface area contributed by atoms with Crippen LogP contribution in [0.2, 0.25) is 0 Å². The SMILES string of the molecule is COC(=O)[C@H](CCCC/[N+]([O-])=C/c1ccccc1)NC(=O)OCc1ccccc1. The van der Waals surface area contributed by atoms with Gasteiger partial charge in [0, 0.05) is 12.0 Å². The van der Waals surface area contributed by atoms with Crippen LogP contribution in [0.4, 0.5) is 4.79 Å². The third-order valence-corrected chi connectivity index (χ3v) is 4.20. The third-order valence-electron chi connectivity index (χ3n) is 4.20. The molecule has 7 heteroatoms. The number of carbonyl (C=O) groups is 2. The molecular weight excluding hydrogens is 372 g/mol. The van der Waals surface area contributed by atoms with Gasteiger partial charge in [0.25, 0.3) is 0 Å². The first-order valence-corrected chi connectivity index (χ1v) is 9.47. The number of rotatable bonds is 10. The molecule has 0 unspecified atom stereocenters. The molecule has 0 saturated heterocycles. The highest BCUT2D eigenvalue weighted by Gasteiger charge is 2.22. The molecule has 0 aliphatic carbocycles. The molecule has 7 nitrogen and oxygen atoms in total. The quantitative estimate of drug-likeness (QED) is 0.166. The van der Waals surface area contributed by atoms with Gasteiger partial charge in [-0.05, 0) is 30.5 Å². The molecule has 0 aliphatic rings. The zero-order chi connectivity index (χ0) is 20.9. The van der Waals surface area contributed by atoms with Crippen molar-refractivity contribution in [2.45, 2.75) is 31.9 Å². The Balaban J connectivity index is 1.75. The molecule has 1 atom stereocenters. The van der Waals surface area contributed by atoms with E-state index in [4.69, 9.17) is 9.47 Å². The lowest BCUT2D eigenvalue weighted by Crippen LogP contribution is -2.41. The van der Waals surface area contributed by atoms with Crippen molar-refractivity contribution in [1.29, 1.82) is 0 Å². The van der Waals surface area contributed by atoms with Crippen LogP contribution in [0.3, 0.4) is 0 Å². The van der Waals surface area contributed by atoms with Gasteiger partial charge in [-0.15, -0.1) is 0 Å². The van der Waals surface area contributed by atoms with Gasteiger partial charge >= 0.3 is 12.1 Å². The average Bonchev–Trinajstić information content (AvgIpc) is 2.75.